The van der Waals surface area contributed by atoms with E-state index in [9.17, 15) is 0 Å². The molecule has 0 heterocycles. The predicted octanol–water partition coefficient (Wildman–Crippen LogP) is 10.2. The van der Waals surface area contributed by atoms with Gasteiger partial charge in [0.25, 0.3) is 0 Å². The van der Waals surface area contributed by atoms with E-state index < -0.39 is 0 Å². The van der Waals surface area contributed by atoms with Crippen LogP contribution < -0.4 is 5.32 Å². The van der Waals surface area contributed by atoms with Crippen LogP contribution in [-0.2, 0) is 6.42 Å². The quantitative estimate of drug-likeness (QED) is 0.242. The van der Waals surface area contributed by atoms with Crippen LogP contribution in [0.25, 0.3) is 22.4 Å². The molecule has 1 aliphatic carbocycles. The lowest BCUT2D eigenvalue weighted by Crippen LogP contribution is -2.12. The molecule has 200 valence electrons. The van der Waals surface area contributed by atoms with Crippen molar-refractivity contribution in [1.82, 2.24) is 5.32 Å². The molecule has 0 radical (unpaired) electrons. The highest BCUT2D eigenvalue weighted by Gasteiger charge is 2.25. The highest BCUT2D eigenvalue weighted by Crippen LogP contribution is 2.42. The van der Waals surface area contributed by atoms with Gasteiger partial charge in [0.1, 0.15) is 0 Å². The van der Waals surface area contributed by atoms with Gasteiger partial charge in [0.15, 0.2) is 0 Å². The Kier molecular flexibility index (Phi) is 9.90. The van der Waals surface area contributed by atoms with Crippen molar-refractivity contribution in [3.63, 3.8) is 0 Å². The first-order valence-corrected chi connectivity index (χ1v) is 14.2. The van der Waals surface area contributed by atoms with E-state index in [1.807, 2.05) is 7.05 Å². The number of allylic oxidation sites excluding steroid dienone is 5. The van der Waals surface area contributed by atoms with Gasteiger partial charge in [-0.15, -0.1) is 12.6 Å². The highest BCUT2D eigenvalue weighted by atomic mass is 32.1. The van der Waals surface area contributed by atoms with Gasteiger partial charge < -0.3 is 5.32 Å². The minimum Gasteiger partial charge on any atom is -0.390 e. The molecule has 0 saturated carbocycles. The summed E-state index contributed by atoms with van der Waals surface area (Å²) < 4.78 is 0. The molecule has 0 saturated heterocycles. The fourth-order valence-corrected chi connectivity index (χ4v) is 5.88. The van der Waals surface area contributed by atoms with E-state index in [-0.39, 0.29) is 0 Å². The maximum absolute atomic E-state index is 4.91. The molecule has 1 N–H and O–H groups in total. The lowest BCUT2D eigenvalue weighted by Gasteiger charge is -2.21. The van der Waals surface area contributed by atoms with E-state index in [1.165, 1.54) is 66.6 Å². The van der Waals surface area contributed by atoms with Crippen molar-refractivity contribution < 1.29 is 0 Å². The molecule has 0 spiro atoms. The van der Waals surface area contributed by atoms with Crippen LogP contribution in [0, 0.1) is 26.7 Å². The lowest BCUT2D eigenvalue weighted by molar-refractivity contribution is 0.783. The summed E-state index contributed by atoms with van der Waals surface area (Å²) >= 11 is 4.91. The summed E-state index contributed by atoms with van der Waals surface area (Å²) in [6, 6.07) is 15.3. The molecule has 2 heteroatoms. The van der Waals surface area contributed by atoms with Gasteiger partial charge in [0.05, 0.1) is 0 Å². The third-order valence-electron chi connectivity index (χ3n) is 7.64. The minimum absolute atomic E-state index is 0.411. The second-order valence-electron chi connectivity index (χ2n) is 10.8. The van der Waals surface area contributed by atoms with Crippen molar-refractivity contribution in [2.75, 3.05) is 7.05 Å². The Morgan fingerprint density at radius 1 is 1.05 bits per heavy atom. The average Bonchev–Trinajstić information content (AvgIpc) is 3.14. The van der Waals surface area contributed by atoms with Crippen LogP contribution >= 0.6 is 12.6 Å². The SMILES string of the molecule is C=C(C)/C(C)=C/c1c(CCC)cc(S)c(C2=C(NC)C(C)C=C2C)c1C.Cc1ccc2c(C)cccc2c1. The summed E-state index contributed by atoms with van der Waals surface area (Å²) in [5.74, 6) is 0.411. The summed E-state index contributed by atoms with van der Waals surface area (Å²) in [4.78, 5) is 1.07. The van der Waals surface area contributed by atoms with Crippen molar-refractivity contribution >= 4 is 35.1 Å². The van der Waals surface area contributed by atoms with Gasteiger partial charge in [-0.2, -0.15) is 0 Å². The normalized spacial score (nSPS) is 15.4. The van der Waals surface area contributed by atoms with Crippen LogP contribution in [0.15, 0.2) is 82.4 Å². The lowest BCUT2D eigenvalue weighted by atomic mass is 9.87. The van der Waals surface area contributed by atoms with E-state index in [2.05, 4.69) is 122 Å². The fraction of sp³-hybridized carbons (Fsp3) is 0.333. The third-order valence-corrected chi connectivity index (χ3v) is 7.99. The number of benzene rings is 3. The Labute approximate surface area is 236 Å². The molecule has 0 aliphatic heterocycles. The highest BCUT2D eigenvalue weighted by molar-refractivity contribution is 7.80. The van der Waals surface area contributed by atoms with Gasteiger partial charge in [0, 0.05) is 34.7 Å². The van der Waals surface area contributed by atoms with Crippen LogP contribution in [0.2, 0.25) is 0 Å². The van der Waals surface area contributed by atoms with Gasteiger partial charge in [-0.1, -0.05) is 86.5 Å². The van der Waals surface area contributed by atoms with Gasteiger partial charge in [-0.25, -0.2) is 0 Å². The second kappa shape index (κ2) is 12.7. The first kappa shape index (κ1) is 29.6. The molecule has 1 nitrogen and oxygen atoms in total. The standard InChI is InChI=1S/C24H33NS.C12H12/c1-9-10-19-13-21(26)23(18(7)20(19)12-15(4)14(2)3)22-16(5)11-17(6)24(22)25-8;1-9-6-7-12-10(2)4-3-5-11(12)8-9/h11-13,17,25-26H,2,9-10H2,1,3-8H3;3-8H,1-2H3/b15-12+;. The minimum atomic E-state index is 0.411. The van der Waals surface area contributed by atoms with E-state index in [0.717, 1.165) is 23.3 Å². The van der Waals surface area contributed by atoms with Crippen molar-refractivity contribution in [2.45, 2.75) is 73.1 Å². The molecule has 1 atom stereocenters. The molecule has 38 heavy (non-hydrogen) atoms. The van der Waals surface area contributed by atoms with Gasteiger partial charge in [-0.05, 0) is 98.2 Å². The van der Waals surface area contributed by atoms with Crippen LogP contribution in [0.5, 0.6) is 0 Å². The van der Waals surface area contributed by atoms with Crippen LogP contribution in [0.1, 0.15) is 74.4 Å². The largest absolute Gasteiger partial charge is 0.390 e. The molecule has 0 bridgehead atoms. The Hall–Kier alpha value is -2.97. The van der Waals surface area contributed by atoms with E-state index >= 15 is 0 Å². The van der Waals surface area contributed by atoms with Gasteiger partial charge in [0.2, 0.25) is 0 Å². The molecule has 0 fully saturated rings. The Morgan fingerprint density at radius 3 is 2.39 bits per heavy atom. The molecule has 3 aromatic carbocycles. The van der Waals surface area contributed by atoms with Crippen molar-refractivity contribution in [2.24, 2.45) is 5.92 Å². The number of aryl methyl sites for hydroxylation is 3. The zero-order valence-electron chi connectivity index (χ0n) is 24.8. The fourth-order valence-electron chi connectivity index (χ4n) is 5.45. The molecular weight excluding hydrogens is 478 g/mol. The van der Waals surface area contributed by atoms with Crippen molar-refractivity contribution in [1.29, 1.82) is 0 Å². The summed E-state index contributed by atoms with van der Waals surface area (Å²) in [6.07, 6.45) is 6.82. The molecule has 0 aromatic heterocycles. The maximum Gasteiger partial charge on any atom is 0.0254 e. The molecule has 3 aromatic rings. The van der Waals surface area contributed by atoms with Crippen molar-refractivity contribution in [3.8, 4) is 0 Å². The first-order chi connectivity index (χ1) is 18.0. The van der Waals surface area contributed by atoms with Crippen LogP contribution in [0.3, 0.4) is 0 Å². The third kappa shape index (κ3) is 6.35. The molecule has 1 unspecified atom stereocenters. The number of nitrogens with one attached hydrogen (secondary N) is 1. The number of hydrogen-bond acceptors (Lipinski definition) is 2. The Bertz CT molecular complexity index is 1450. The molecular formula is C36H45NS. The second-order valence-corrected chi connectivity index (χ2v) is 11.3. The van der Waals surface area contributed by atoms with E-state index in [1.54, 1.807) is 0 Å². The van der Waals surface area contributed by atoms with E-state index in [4.69, 9.17) is 12.6 Å². The Balaban J connectivity index is 0.000000275. The maximum atomic E-state index is 4.91. The molecule has 1 aliphatic rings. The zero-order chi connectivity index (χ0) is 28.1. The van der Waals surface area contributed by atoms with Gasteiger partial charge in [-0.3, -0.25) is 0 Å². The Morgan fingerprint density at radius 2 is 1.76 bits per heavy atom. The number of thiol groups is 1. The summed E-state index contributed by atoms with van der Waals surface area (Å²) in [5, 5.41) is 6.14. The summed E-state index contributed by atoms with van der Waals surface area (Å²) in [6.45, 7) is 21.5. The molecule has 0 amide bonds. The zero-order valence-corrected chi connectivity index (χ0v) is 25.7. The summed E-state index contributed by atoms with van der Waals surface area (Å²) in [5.41, 5.74) is 14.2. The van der Waals surface area contributed by atoms with Crippen LogP contribution in [0.4, 0.5) is 0 Å². The number of fused-ring (bicyclic) bond motifs is 1. The number of hydrogen-bond donors (Lipinski definition) is 2. The smallest absolute Gasteiger partial charge is 0.0254 e. The number of rotatable bonds is 6. The van der Waals surface area contributed by atoms with Crippen molar-refractivity contribution in [3.05, 3.63) is 111 Å². The first-order valence-electron chi connectivity index (χ1n) is 13.8. The van der Waals surface area contributed by atoms with E-state index in [0.29, 0.717) is 5.92 Å². The monoisotopic (exact) mass is 523 g/mol. The predicted molar refractivity (Wildman–Crippen MR) is 173 cm³/mol. The topological polar surface area (TPSA) is 12.0 Å². The summed E-state index contributed by atoms with van der Waals surface area (Å²) in [7, 11) is 2.02. The average molecular weight is 524 g/mol. The van der Waals surface area contributed by atoms with Gasteiger partial charge >= 0.3 is 0 Å². The van der Waals surface area contributed by atoms with Crippen LogP contribution in [-0.4, -0.2) is 7.05 Å². The molecule has 4 rings (SSSR count).